The molecule has 0 aliphatic heterocycles. The molecule has 0 spiro atoms. The molecule has 0 bridgehead atoms. The van der Waals surface area contributed by atoms with Crippen LogP contribution in [0.1, 0.15) is 16.7 Å². The van der Waals surface area contributed by atoms with Crippen LogP contribution in [0.25, 0.3) is 10.9 Å². The van der Waals surface area contributed by atoms with Gasteiger partial charge in [-0.1, -0.05) is 28.1 Å². The summed E-state index contributed by atoms with van der Waals surface area (Å²) in [6.07, 6.45) is 5.23. The number of pyridine rings is 2. The Kier molecular flexibility index (Phi) is 5.41. The smallest absolute Gasteiger partial charge is 0.103 e. The number of nitrogens with one attached hydrogen (secondary N) is 2. The second-order valence-corrected chi connectivity index (χ2v) is 7.61. The van der Waals surface area contributed by atoms with E-state index in [1.807, 2.05) is 55.6 Å². The molecule has 0 saturated carbocycles. The summed E-state index contributed by atoms with van der Waals surface area (Å²) in [5, 5.41) is 17.4. The first-order valence-corrected chi connectivity index (χ1v) is 9.92. The molecule has 29 heavy (non-hydrogen) atoms. The Morgan fingerprint density at radius 2 is 1.97 bits per heavy atom. The van der Waals surface area contributed by atoms with E-state index in [9.17, 15) is 5.26 Å². The van der Waals surface area contributed by atoms with Gasteiger partial charge in [-0.2, -0.15) is 5.26 Å². The van der Waals surface area contributed by atoms with E-state index in [-0.39, 0.29) is 0 Å². The van der Waals surface area contributed by atoms with Crippen LogP contribution in [0.2, 0.25) is 0 Å². The lowest BCUT2D eigenvalue weighted by Crippen LogP contribution is -2.02. The number of fused-ring (bicyclic) bond motifs is 1. The number of aryl methyl sites for hydroxylation is 1. The van der Waals surface area contributed by atoms with Crippen molar-refractivity contribution in [1.82, 2.24) is 9.97 Å². The van der Waals surface area contributed by atoms with E-state index in [1.165, 1.54) is 0 Å². The summed E-state index contributed by atoms with van der Waals surface area (Å²) in [7, 11) is 0. The fraction of sp³-hybridized carbons (Fsp3) is 0.0870. The maximum atomic E-state index is 9.64. The third kappa shape index (κ3) is 4.20. The SMILES string of the molecule is Cc1cc(NCc2cccnc2)cc2c(Nc3cccc(Br)c3)c(C#N)cnc12. The zero-order valence-corrected chi connectivity index (χ0v) is 17.4. The molecular weight excluding hydrogens is 426 g/mol. The molecule has 5 nitrogen and oxygen atoms in total. The number of nitrogens with zero attached hydrogens (tertiary/aromatic N) is 3. The summed E-state index contributed by atoms with van der Waals surface area (Å²) in [6.45, 7) is 2.69. The monoisotopic (exact) mass is 443 g/mol. The molecule has 6 heteroatoms. The summed E-state index contributed by atoms with van der Waals surface area (Å²) in [6, 6.07) is 18.2. The van der Waals surface area contributed by atoms with E-state index in [2.05, 4.69) is 48.7 Å². The largest absolute Gasteiger partial charge is 0.381 e. The van der Waals surface area contributed by atoms with E-state index < -0.39 is 0 Å². The number of aromatic nitrogens is 2. The quantitative estimate of drug-likeness (QED) is 0.399. The van der Waals surface area contributed by atoms with Gasteiger partial charge < -0.3 is 10.6 Å². The van der Waals surface area contributed by atoms with Crippen molar-refractivity contribution in [2.45, 2.75) is 13.5 Å². The van der Waals surface area contributed by atoms with Crippen LogP contribution in [-0.4, -0.2) is 9.97 Å². The van der Waals surface area contributed by atoms with Gasteiger partial charge in [-0.3, -0.25) is 9.97 Å². The predicted octanol–water partition coefficient (Wildman–Crippen LogP) is 5.93. The fourth-order valence-corrected chi connectivity index (χ4v) is 3.62. The number of halogens is 1. The molecule has 0 amide bonds. The second-order valence-electron chi connectivity index (χ2n) is 6.70. The van der Waals surface area contributed by atoms with Crippen molar-refractivity contribution in [3.63, 3.8) is 0 Å². The van der Waals surface area contributed by atoms with Crippen LogP contribution in [0, 0.1) is 18.3 Å². The number of nitriles is 1. The summed E-state index contributed by atoms with van der Waals surface area (Å²) >= 11 is 3.49. The van der Waals surface area contributed by atoms with Crippen LogP contribution < -0.4 is 10.6 Å². The van der Waals surface area contributed by atoms with E-state index in [0.717, 1.165) is 43.6 Å². The van der Waals surface area contributed by atoms with Crippen molar-refractivity contribution < 1.29 is 0 Å². The summed E-state index contributed by atoms with van der Waals surface area (Å²) in [5.41, 5.74) is 6.13. The topological polar surface area (TPSA) is 73.6 Å². The maximum absolute atomic E-state index is 9.64. The number of hydrogen-bond acceptors (Lipinski definition) is 5. The van der Waals surface area contributed by atoms with Crippen LogP contribution in [-0.2, 0) is 6.54 Å². The Labute approximate surface area is 177 Å². The molecule has 0 atom stereocenters. The minimum Gasteiger partial charge on any atom is -0.381 e. The molecule has 2 N–H and O–H groups in total. The first-order chi connectivity index (χ1) is 14.1. The Balaban J connectivity index is 1.76. The van der Waals surface area contributed by atoms with Crippen LogP contribution in [0.5, 0.6) is 0 Å². The van der Waals surface area contributed by atoms with E-state index in [0.29, 0.717) is 12.1 Å². The number of anilines is 3. The fourth-order valence-electron chi connectivity index (χ4n) is 3.22. The number of rotatable bonds is 5. The Hall–Kier alpha value is -3.43. The standard InChI is InChI=1S/C23H18BrN5/c1-15-8-20(27-13-16-4-3-7-26-12-16)10-21-22(15)28-14-17(11-25)23(21)29-19-6-2-5-18(24)9-19/h2-10,12,14,27H,13H2,1H3,(H,28,29). The van der Waals surface area contributed by atoms with Gasteiger partial charge in [0.1, 0.15) is 6.07 Å². The van der Waals surface area contributed by atoms with Gasteiger partial charge >= 0.3 is 0 Å². The summed E-state index contributed by atoms with van der Waals surface area (Å²) in [5.74, 6) is 0. The first kappa shape index (κ1) is 18.9. The molecule has 2 heterocycles. The van der Waals surface area contributed by atoms with Gasteiger partial charge in [0.25, 0.3) is 0 Å². The first-order valence-electron chi connectivity index (χ1n) is 9.13. The lowest BCUT2D eigenvalue weighted by atomic mass is 10.0. The molecule has 142 valence electrons. The normalized spacial score (nSPS) is 10.5. The Bertz CT molecular complexity index is 1220. The van der Waals surface area contributed by atoms with E-state index >= 15 is 0 Å². The van der Waals surface area contributed by atoms with Gasteiger partial charge in [0, 0.05) is 46.4 Å². The van der Waals surface area contributed by atoms with Crippen molar-refractivity contribution in [2.75, 3.05) is 10.6 Å². The molecule has 4 aromatic rings. The van der Waals surface area contributed by atoms with E-state index in [1.54, 1.807) is 12.4 Å². The molecule has 0 fully saturated rings. The van der Waals surface area contributed by atoms with Crippen molar-refractivity contribution in [3.8, 4) is 6.07 Å². The number of hydrogen-bond donors (Lipinski definition) is 2. The summed E-state index contributed by atoms with van der Waals surface area (Å²) in [4.78, 5) is 8.68. The van der Waals surface area contributed by atoms with Crippen LogP contribution in [0.4, 0.5) is 17.1 Å². The molecule has 0 aliphatic carbocycles. The summed E-state index contributed by atoms with van der Waals surface area (Å²) < 4.78 is 0.967. The highest BCUT2D eigenvalue weighted by Gasteiger charge is 2.12. The minimum absolute atomic E-state index is 0.501. The van der Waals surface area contributed by atoms with Gasteiger partial charge in [0.2, 0.25) is 0 Å². The van der Waals surface area contributed by atoms with Gasteiger partial charge in [0.15, 0.2) is 0 Å². The van der Waals surface area contributed by atoms with Gasteiger partial charge in [-0.05, 0) is 54.4 Å². The highest BCUT2D eigenvalue weighted by atomic mass is 79.9. The second kappa shape index (κ2) is 8.29. The zero-order chi connectivity index (χ0) is 20.2. The van der Waals surface area contributed by atoms with E-state index in [4.69, 9.17) is 0 Å². The average Bonchev–Trinajstić information content (AvgIpc) is 2.73. The van der Waals surface area contributed by atoms with Crippen molar-refractivity contribution in [3.05, 3.63) is 88.3 Å². The lowest BCUT2D eigenvalue weighted by molar-refractivity contribution is 1.11. The zero-order valence-electron chi connectivity index (χ0n) is 15.8. The number of benzene rings is 2. The van der Waals surface area contributed by atoms with Crippen molar-refractivity contribution >= 4 is 43.9 Å². The maximum Gasteiger partial charge on any atom is 0.103 e. The van der Waals surface area contributed by atoms with Crippen LogP contribution in [0.3, 0.4) is 0 Å². The highest BCUT2D eigenvalue weighted by molar-refractivity contribution is 9.10. The highest BCUT2D eigenvalue weighted by Crippen LogP contribution is 2.33. The Morgan fingerprint density at radius 3 is 2.72 bits per heavy atom. The molecule has 0 unspecified atom stereocenters. The van der Waals surface area contributed by atoms with Crippen molar-refractivity contribution in [1.29, 1.82) is 5.26 Å². The molecular formula is C23H18BrN5. The predicted molar refractivity (Wildman–Crippen MR) is 120 cm³/mol. The third-order valence-electron chi connectivity index (χ3n) is 4.60. The molecule has 0 saturated heterocycles. The molecule has 0 radical (unpaired) electrons. The van der Waals surface area contributed by atoms with Crippen LogP contribution >= 0.6 is 15.9 Å². The molecule has 2 aromatic carbocycles. The van der Waals surface area contributed by atoms with Crippen molar-refractivity contribution in [2.24, 2.45) is 0 Å². The van der Waals surface area contributed by atoms with Crippen LogP contribution in [0.15, 0.2) is 71.6 Å². The molecule has 2 aromatic heterocycles. The molecule has 4 rings (SSSR count). The van der Waals surface area contributed by atoms with Gasteiger partial charge in [-0.25, -0.2) is 0 Å². The lowest BCUT2D eigenvalue weighted by Gasteiger charge is -2.15. The Morgan fingerprint density at radius 1 is 1.07 bits per heavy atom. The minimum atomic E-state index is 0.501. The van der Waals surface area contributed by atoms with Gasteiger partial charge in [0.05, 0.1) is 16.8 Å². The average molecular weight is 444 g/mol. The molecule has 0 aliphatic rings. The van der Waals surface area contributed by atoms with Gasteiger partial charge in [-0.15, -0.1) is 0 Å². The third-order valence-corrected chi connectivity index (χ3v) is 5.09.